The zero-order valence-corrected chi connectivity index (χ0v) is 17.0. The van der Waals surface area contributed by atoms with Crippen molar-refractivity contribution in [1.29, 1.82) is 0 Å². The average molecular weight is 411 g/mol. The molecule has 0 aromatic heterocycles. The molecule has 1 N–H and O–H groups in total. The first-order valence-corrected chi connectivity index (χ1v) is 9.94. The van der Waals surface area contributed by atoms with Crippen LogP contribution in [0.2, 0.25) is 0 Å². The molecule has 7 heteroatoms. The smallest absolute Gasteiger partial charge is 0.271 e. The van der Waals surface area contributed by atoms with E-state index in [2.05, 4.69) is 20.6 Å². The summed E-state index contributed by atoms with van der Waals surface area (Å²) in [5.74, 6) is -0.459. The van der Waals surface area contributed by atoms with Crippen LogP contribution < -0.4 is 10.3 Å². The summed E-state index contributed by atoms with van der Waals surface area (Å²) in [4.78, 5) is 25.0. The molecular formula is C24H21N5O2. The fraction of sp³-hybridized carbons (Fsp3) is 0.125. The third-order valence-electron chi connectivity index (χ3n) is 4.70. The first kappa shape index (κ1) is 20.2. The van der Waals surface area contributed by atoms with Crippen molar-refractivity contribution in [2.24, 2.45) is 15.3 Å². The molecule has 4 rings (SSSR count). The van der Waals surface area contributed by atoms with Crippen LogP contribution in [0.25, 0.3) is 0 Å². The topological polar surface area (TPSA) is 86.5 Å². The van der Waals surface area contributed by atoms with E-state index in [1.165, 1.54) is 5.01 Å². The molecule has 0 spiro atoms. The zero-order valence-electron chi connectivity index (χ0n) is 17.0. The van der Waals surface area contributed by atoms with Gasteiger partial charge in [-0.15, -0.1) is 0 Å². The van der Waals surface area contributed by atoms with Crippen molar-refractivity contribution in [3.8, 4) is 0 Å². The monoisotopic (exact) mass is 411 g/mol. The first-order chi connectivity index (χ1) is 15.1. The number of rotatable bonds is 5. The number of azo groups is 1. The second kappa shape index (κ2) is 9.13. The highest BCUT2D eigenvalue weighted by molar-refractivity contribution is 6.44. The second-order valence-electron chi connectivity index (χ2n) is 7.13. The maximum absolute atomic E-state index is 12.7. The van der Waals surface area contributed by atoms with Crippen molar-refractivity contribution in [1.82, 2.24) is 0 Å². The molecule has 0 fully saturated rings. The number of carbonyl (C=O) groups is 2. The summed E-state index contributed by atoms with van der Waals surface area (Å²) in [5, 5.41) is 16.8. The highest BCUT2D eigenvalue weighted by Crippen LogP contribution is 2.23. The minimum atomic E-state index is -0.330. The Hall–Kier alpha value is -4.13. The van der Waals surface area contributed by atoms with Crippen molar-refractivity contribution in [2.75, 3.05) is 10.3 Å². The number of amides is 2. The molecule has 2 amide bonds. The van der Waals surface area contributed by atoms with Crippen LogP contribution in [-0.2, 0) is 9.59 Å². The lowest BCUT2D eigenvalue weighted by molar-refractivity contribution is -0.118. The van der Waals surface area contributed by atoms with Crippen molar-refractivity contribution in [2.45, 2.75) is 19.8 Å². The Morgan fingerprint density at radius 3 is 2.32 bits per heavy atom. The highest BCUT2D eigenvalue weighted by Gasteiger charge is 2.25. The highest BCUT2D eigenvalue weighted by atomic mass is 16.2. The molecule has 0 bridgehead atoms. The molecule has 1 heterocycles. The van der Waals surface area contributed by atoms with Crippen molar-refractivity contribution >= 4 is 40.3 Å². The Morgan fingerprint density at radius 2 is 1.61 bits per heavy atom. The summed E-state index contributed by atoms with van der Waals surface area (Å²) >= 11 is 0. The number of hydrogen-bond acceptors (Lipinski definition) is 5. The van der Waals surface area contributed by atoms with E-state index in [0.717, 1.165) is 11.3 Å². The first-order valence-electron chi connectivity index (χ1n) is 9.94. The number of benzene rings is 3. The largest absolute Gasteiger partial charge is 0.321 e. The fourth-order valence-electron chi connectivity index (χ4n) is 3.10. The Bertz CT molecular complexity index is 1150. The van der Waals surface area contributed by atoms with Gasteiger partial charge in [0.15, 0.2) is 0 Å². The lowest BCUT2D eigenvalue weighted by Crippen LogP contribution is -2.36. The molecule has 31 heavy (non-hydrogen) atoms. The van der Waals surface area contributed by atoms with Crippen LogP contribution in [0.15, 0.2) is 94.2 Å². The normalized spacial score (nSPS) is 13.9. The summed E-state index contributed by atoms with van der Waals surface area (Å²) < 4.78 is 0. The van der Waals surface area contributed by atoms with Gasteiger partial charge in [0, 0.05) is 18.5 Å². The van der Waals surface area contributed by atoms with Gasteiger partial charge in [-0.05, 0) is 61.0 Å². The Morgan fingerprint density at radius 1 is 0.903 bits per heavy atom. The summed E-state index contributed by atoms with van der Waals surface area (Å²) in [6, 6.07) is 24.0. The molecule has 0 saturated heterocycles. The SMILES string of the molecule is Cc1cccc(N2N=C(C(=O)Nc3ccc(N=Nc4ccccc4)cc3)CCC2=O)c1. The van der Waals surface area contributed by atoms with Gasteiger partial charge in [-0.3, -0.25) is 9.59 Å². The summed E-state index contributed by atoms with van der Waals surface area (Å²) in [5.41, 5.74) is 4.04. The Balaban J connectivity index is 1.44. The fourth-order valence-corrected chi connectivity index (χ4v) is 3.10. The van der Waals surface area contributed by atoms with Crippen LogP contribution in [0.4, 0.5) is 22.7 Å². The van der Waals surface area contributed by atoms with Crippen LogP contribution in [0.3, 0.4) is 0 Å². The molecule has 0 radical (unpaired) electrons. The minimum absolute atomic E-state index is 0.129. The molecule has 1 aliphatic rings. The van der Waals surface area contributed by atoms with Crippen molar-refractivity contribution in [3.05, 3.63) is 84.4 Å². The van der Waals surface area contributed by atoms with Crippen LogP contribution in [0.5, 0.6) is 0 Å². The van der Waals surface area contributed by atoms with Crippen molar-refractivity contribution < 1.29 is 9.59 Å². The van der Waals surface area contributed by atoms with Crippen LogP contribution >= 0.6 is 0 Å². The van der Waals surface area contributed by atoms with E-state index in [0.29, 0.717) is 29.2 Å². The molecule has 1 aliphatic heterocycles. The van der Waals surface area contributed by atoms with Crippen LogP contribution in [-0.4, -0.2) is 17.5 Å². The van der Waals surface area contributed by atoms with E-state index < -0.39 is 0 Å². The molecule has 0 saturated carbocycles. The molecule has 0 aliphatic carbocycles. The van der Waals surface area contributed by atoms with E-state index in [-0.39, 0.29) is 18.2 Å². The van der Waals surface area contributed by atoms with Gasteiger partial charge < -0.3 is 5.32 Å². The second-order valence-corrected chi connectivity index (χ2v) is 7.13. The zero-order chi connectivity index (χ0) is 21.6. The van der Waals surface area contributed by atoms with Gasteiger partial charge in [0.25, 0.3) is 5.91 Å². The number of nitrogens with zero attached hydrogens (tertiary/aromatic N) is 4. The summed E-state index contributed by atoms with van der Waals surface area (Å²) in [6.07, 6.45) is 0.537. The summed E-state index contributed by atoms with van der Waals surface area (Å²) in [6.45, 7) is 1.94. The van der Waals surface area contributed by atoms with Gasteiger partial charge in [-0.25, -0.2) is 5.01 Å². The van der Waals surface area contributed by atoms with Crippen molar-refractivity contribution in [3.63, 3.8) is 0 Å². The van der Waals surface area contributed by atoms with Gasteiger partial charge in [0.05, 0.1) is 17.1 Å². The minimum Gasteiger partial charge on any atom is -0.321 e. The number of anilines is 2. The van der Waals surface area contributed by atoms with Gasteiger partial charge in [-0.1, -0.05) is 30.3 Å². The van der Waals surface area contributed by atoms with E-state index in [1.807, 2.05) is 55.5 Å². The molecule has 0 unspecified atom stereocenters. The quantitative estimate of drug-likeness (QED) is 0.560. The molecule has 0 atom stereocenters. The van der Waals surface area contributed by atoms with Gasteiger partial charge in [0.1, 0.15) is 5.71 Å². The lowest BCUT2D eigenvalue weighted by atomic mass is 10.1. The van der Waals surface area contributed by atoms with Gasteiger partial charge in [-0.2, -0.15) is 15.3 Å². The van der Waals surface area contributed by atoms with E-state index in [4.69, 9.17) is 0 Å². The average Bonchev–Trinajstić information content (AvgIpc) is 2.79. The lowest BCUT2D eigenvalue weighted by Gasteiger charge is -2.23. The van der Waals surface area contributed by atoms with Gasteiger partial charge in [0.2, 0.25) is 5.91 Å². The van der Waals surface area contributed by atoms with Crippen LogP contribution in [0, 0.1) is 6.92 Å². The number of carbonyl (C=O) groups excluding carboxylic acids is 2. The number of hydrazone groups is 1. The number of nitrogens with one attached hydrogen (secondary N) is 1. The maximum Gasteiger partial charge on any atom is 0.271 e. The van der Waals surface area contributed by atoms with E-state index in [1.54, 1.807) is 30.3 Å². The standard InChI is InChI=1S/C24H21N5O2/c1-17-6-5-9-21(16-17)29-23(30)15-14-22(28-29)24(31)25-18-10-12-20(13-11-18)27-26-19-7-3-2-4-8-19/h2-13,16H,14-15H2,1H3,(H,25,31). The third-order valence-corrected chi connectivity index (χ3v) is 4.70. The predicted octanol–water partition coefficient (Wildman–Crippen LogP) is 5.53. The summed E-state index contributed by atoms with van der Waals surface area (Å²) in [7, 11) is 0. The predicted molar refractivity (Wildman–Crippen MR) is 121 cm³/mol. The molecule has 3 aromatic rings. The molecule has 7 nitrogen and oxygen atoms in total. The molecule has 154 valence electrons. The molecular weight excluding hydrogens is 390 g/mol. The number of aryl methyl sites for hydroxylation is 1. The Kier molecular flexibility index (Phi) is 5.93. The Labute approximate surface area is 180 Å². The van der Waals surface area contributed by atoms with E-state index >= 15 is 0 Å². The van der Waals surface area contributed by atoms with Gasteiger partial charge >= 0.3 is 0 Å². The van der Waals surface area contributed by atoms with E-state index in [9.17, 15) is 9.59 Å². The van der Waals surface area contributed by atoms with Crippen LogP contribution in [0.1, 0.15) is 18.4 Å². The third kappa shape index (κ3) is 5.08. The molecule has 3 aromatic carbocycles. The maximum atomic E-state index is 12.7. The number of hydrogen-bond donors (Lipinski definition) is 1.